The smallest absolute Gasteiger partial charge is 0.234 e. The third-order valence-corrected chi connectivity index (χ3v) is 7.95. The highest BCUT2D eigenvalue weighted by molar-refractivity contribution is 5.68. The molecular weight excluding hydrogens is 558 g/mol. The highest BCUT2D eigenvalue weighted by Crippen LogP contribution is 2.27. The van der Waals surface area contributed by atoms with Gasteiger partial charge in [-0.1, -0.05) is 72.8 Å². The summed E-state index contributed by atoms with van der Waals surface area (Å²) in [6.07, 6.45) is 6.02. The van der Waals surface area contributed by atoms with Crippen LogP contribution < -0.4 is 15.5 Å². The van der Waals surface area contributed by atoms with Gasteiger partial charge < -0.3 is 10.6 Å². The van der Waals surface area contributed by atoms with E-state index in [0.717, 1.165) is 30.5 Å². The Morgan fingerprint density at radius 2 is 1.49 bits per heavy atom. The molecule has 2 N–H and O–H groups in total. The van der Waals surface area contributed by atoms with E-state index in [2.05, 4.69) is 112 Å². The Labute approximate surface area is 264 Å². The summed E-state index contributed by atoms with van der Waals surface area (Å²) in [6, 6.07) is 32.3. The summed E-state index contributed by atoms with van der Waals surface area (Å²) in [5.41, 5.74) is 7.67. The first-order valence-corrected chi connectivity index (χ1v) is 15.4. The van der Waals surface area contributed by atoms with Crippen LogP contribution >= 0.6 is 0 Å². The van der Waals surface area contributed by atoms with Crippen molar-refractivity contribution >= 4 is 23.4 Å². The molecule has 0 aliphatic heterocycles. The fourth-order valence-electron chi connectivity index (χ4n) is 5.52. The molecule has 0 amide bonds. The molecule has 2 atom stereocenters. The summed E-state index contributed by atoms with van der Waals surface area (Å²) in [6.45, 7) is 4.33. The monoisotopic (exact) mass is 597 g/mol. The standard InChI is InChI=1S/C36H39N9/c1-25(37-3)18-28-12-8-13-29(20-28)21-30-14-9-15-31(22-30)32-23-34-39-24-40-45(34)36(42-32)44(4)33-16-17-38-35(43-33)41-26(2)19-27-10-6-5-7-11-27/h5-17,20,22-26,37H,18-19,21H2,1-4H3,(H,38,41,43)/t25-,26-/m0/s1. The molecule has 228 valence electrons. The van der Waals surface area contributed by atoms with Crippen molar-refractivity contribution in [1.29, 1.82) is 0 Å². The second-order valence-corrected chi connectivity index (χ2v) is 11.6. The summed E-state index contributed by atoms with van der Waals surface area (Å²) in [7, 11) is 3.94. The molecule has 0 unspecified atom stereocenters. The minimum Gasteiger partial charge on any atom is -0.351 e. The van der Waals surface area contributed by atoms with Crippen LogP contribution in [0.5, 0.6) is 0 Å². The van der Waals surface area contributed by atoms with Crippen molar-refractivity contribution in [3.63, 3.8) is 0 Å². The lowest BCUT2D eigenvalue weighted by Crippen LogP contribution is -2.23. The molecule has 0 saturated heterocycles. The van der Waals surface area contributed by atoms with Crippen molar-refractivity contribution in [3.05, 3.63) is 126 Å². The van der Waals surface area contributed by atoms with Gasteiger partial charge in [0.25, 0.3) is 0 Å². The van der Waals surface area contributed by atoms with E-state index in [1.165, 1.54) is 22.3 Å². The average Bonchev–Trinajstić information content (AvgIpc) is 3.54. The van der Waals surface area contributed by atoms with Gasteiger partial charge in [-0.3, -0.25) is 4.90 Å². The van der Waals surface area contributed by atoms with Gasteiger partial charge in [0.2, 0.25) is 11.9 Å². The van der Waals surface area contributed by atoms with Gasteiger partial charge in [0, 0.05) is 37.0 Å². The maximum atomic E-state index is 5.07. The van der Waals surface area contributed by atoms with Crippen LogP contribution in [0, 0.1) is 0 Å². The molecule has 6 aromatic rings. The number of likely N-dealkylation sites (N-methyl/N-ethyl adjacent to an activating group) is 1. The molecule has 3 aromatic carbocycles. The Balaban J connectivity index is 1.24. The lowest BCUT2D eigenvalue weighted by molar-refractivity contribution is 0.608. The van der Waals surface area contributed by atoms with Crippen molar-refractivity contribution < 1.29 is 0 Å². The predicted octanol–water partition coefficient (Wildman–Crippen LogP) is 6.13. The quantitative estimate of drug-likeness (QED) is 0.174. The molecule has 45 heavy (non-hydrogen) atoms. The average molecular weight is 598 g/mol. The number of anilines is 3. The Hall–Kier alpha value is -5.15. The first kappa shape index (κ1) is 29.9. The van der Waals surface area contributed by atoms with Gasteiger partial charge in [-0.15, -0.1) is 0 Å². The Kier molecular flexibility index (Phi) is 9.07. The fourth-order valence-corrected chi connectivity index (χ4v) is 5.52. The minimum absolute atomic E-state index is 0.156. The zero-order valence-electron chi connectivity index (χ0n) is 26.2. The van der Waals surface area contributed by atoms with Gasteiger partial charge in [0.05, 0.1) is 5.69 Å². The minimum atomic E-state index is 0.156. The molecule has 6 rings (SSSR count). The normalized spacial score (nSPS) is 12.6. The summed E-state index contributed by atoms with van der Waals surface area (Å²) in [5, 5.41) is 11.2. The van der Waals surface area contributed by atoms with Crippen LogP contribution in [0.4, 0.5) is 17.7 Å². The van der Waals surface area contributed by atoms with E-state index in [1.54, 1.807) is 17.0 Å². The number of hydrogen-bond acceptors (Lipinski definition) is 8. The third-order valence-electron chi connectivity index (χ3n) is 7.95. The maximum Gasteiger partial charge on any atom is 0.234 e. The Morgan fingerprint density at radius 1 is 0.756 bits per heavy atom. The second kappa shape index (κ2) is 13.7. The van der Waals surface area contributed by atoms with Crippen LogP contribution in [-0.2, 0) is 19.3 Å². The summed E-state index contributed by atoms with van der Waals surface area (Å²) < 4.78 is 1.73. The molecule has 0 spiro atoms. The second-order valence-electron chi connectivity index (χ2n) is 11.6. The first-order valence-electron chi connectivity index (χ1n) is 15.4. The van der Waals surface area contributed by atoms with Crippen LogP contribution in [0.25, 0.3) is 16.9 Å². The van der Waals surface area contributed by atoms with Crippen LogP contribution in [0.15, 0.2) is 104 Å². The molecular formula is C36H39N9. The number of fused-ring (bicyclic) bond motifs is 1. The molecule has 0 bridgehead atoms. The molecule has 3 heterocycles. The number of nitrogens with zero attached hydrogens (tertiary/aromatic N) is 7. The van der Waals surface area contributed by atoms with E-state index in [1.807, 2.05) is 37.2 Å². The van der Waals surface area contributed by atoms with Crippen molar-refractivity contribution in [3.8, 4) is 11.3 Å². The molecule has 0 aliphatic rings. The Morgan fingerprint density at radius 3 is 2.31 bits per heavy atom. The van der Waals surface area contributed by atoms with E-state index in [-0.39, 0.29) is 6.04 Å². The molecule has 0 aliphatic carbocycles. The van der Waals surface area contributed by atoms with Crippen LogP contribution in [0.3, 0.4) is 0 Å². The van der Waals surface area contributed by atoms with E-state index in [9.17, 15) is 0 Å². The number of aromatic nitrogens is 6. The molecule has 0 fully saturated rings. The van der Waals surface area contributed by atoms with Gasteiger partial charge in [0.1, 0.15) is 12.1 Å². The van der Waals surface area contributed by atoms with Gasteiger partial charge in [-0.2, -0.15) is 14.6 Å². The van der Waals surface area contributed by atoms with Gasteiger partial charge >= 0.3 is 0 Å². The highest BCUT2D eigenvalue weighted by Gasteiger charge is 2.17. The first-order chi connectivity index (χ1) is 21.9. The van der Waals surface area contributed by atoms with E-state index in [0.29, 0.717) is 29.4 Å². The van der Waals surface area contributed by atoms with Gasteiger partial charge in [0.15, 0.2) is 5.65 Å². The van der Waals surface area contributed by atoms with Gasteiger partial charge in [-0.25, -0.2) is 15.0 Å². The summed E-state index contributed by atoms with van der Waals surface area (Å²) >= 11 is 0. The summed E-state index contributed by atoms with van der Waals surface area (Å²) in [5.74, 6) is 1.87. The van der Waals surface area contributed by atoms with Crippen molar-refractivity contribution in [2.75, 3.05) is 24.3 Å². The van der Waals surface area contributed by atoms with Crippen molar-refractivity contribution in [1.82, 2.24) is 34.9 Å². The molecule has 3 aromatic heterocycles. The topological polar surface area (TPSA) is 96.2 Å². The molecule has 0 saturated carbocycles. The zero-order valence-corrected chi connectivity index (χ0v) is 26.2. The predicted molar refractivity (Wildman–Crippen MR) is 181 cm³/mol. The van der Waals surface area contributed by atoms with Crippen molar-refractivity contribution in [2.24, 2.45) is 0 Å². The summed E-state index contributed by atoms with van der Waals surface area (Å²) in [4.78, 5) is 20.8. The van der Waals surface area contributed by atoms with Crippen molar-refractivity contribution in [2.45, 2.75) is 45.2 Å². The SMILES string of the molecule is CN[C@@H](C)Cc1cccc(Cc2cccc(-c3cc4ncnn4c(N(C)c4ccnc(N[C@@H](C)Cc5ccccc5)n4)n3)c2)c1. The highest BCUT2D eigenvalue weighted by atomic mass is 15.4. The number of rotatable bonds is 12. The van der Waals surface area contributed by atoms with E-state index >= 15 is 0 Å². The zero-order chi connectivity index (χ0) is 31.2. The third kappa shape index (κ3) is 7.33. The van der Waals surface area contributed by atoms with E-state index in [4.69, 9.17) is 9.97 Å². The number of hydrogen-bond donors (Lipinski definition) is 2. The Bertz CT molecular complexity index is 1870. The van der Waals surface area contributed by atoms with Crippen LogP contribution in [0.2, 0.25) is 0 Å². The molecule has 0 radical (unpaired) electrons. The molecule has 9 heteroatoms. The maximum absolute atomic E-state index is 5.07. The van der Waals surface area contributed by atoms with Crippen LogP contribution in [0.1, 0.15) is 36.1 Å². The largest absolute Gasteiger partial charge is 0.351 e. The fraction of sp³-hybridized carbons (Fsp3) is 0.250. The lowest BCUT2D eigenvalue weighted by atomic mass is 9.98. The molecule has 9 nitrogen and oxygen atoms in total. The number of benzene rings is 3. The van der Waals surface area contributed by atoms with Crippen LogP contribution in [-0.4, -0.2) is 55.7 Å². The van der Waals surface area contributed by atoms with Gasteiger partial charge in [-0.05, 0) is 74.5 Å². The number of nitrogens with one attached hydrogen (secondary N) is 2. The lowest BCUT2D eigenvalue weighted by Gasteiger charge is -2.20. The van der Waals surface area contributed by atoms with E-state index < -0.39 is 0 Å².